The van der Waals surface area contributed by atoms with Crippen molar-refractivity contribution in [1.82, 2.24) is 35.2 Å². The van der Waals surface area contributed by atoms with Crippen molar-refractivity contribution in [2.45, 2.75) is 25.0 Å². The zero-order valence-corrected chi connectivity index (χ0v) is 18.1. The van der Waals surface area contributed by atoms with Gasteiger partial charge < -0.3 is 19.8 Å². The number of aromatic amines is 1. The minimum absolute atomic E-state index is 0.0567. The number of H-pyrrole nitrogens is 1. The molecule has 1 aliphatic rings. The molecule has 0 aliphatic carbocycles. The van der Waals surface area contributed by atoms with Gasteiger partial charge in [0.2, 0.25) is 11.5 Å². The zero-order valence-electron chi connectivity index (χ0n) is 18.1. The number of aromatic nitrogens is 6. The maximum atomic E-state index is 12.3. The summed E-state index contributed by atoms with van der Waals surface area (Å²) in [6, 6.07) is 10.6. The lowest BCUT2D eigenvalue weighted by Crippen LogP contribution is -2.35. The van der Waals surface area contributed by atoms with Gasteiger partial charge in [-0.2, -0.15) is 5.10 Å². The molecule has 0 aromatic carbocycles. The van der Waals surface area contributed by atoms with Gasteiger partial charge in [-0.1, -0.05) is 11.2 Å². The fraction of sp³-hybridized carbons (Fsp3) is 0.273. The van der Waals surface area contributed by atoms with Gasteiger partial charge in [0.1, 0.15) is 5.69 Å². The number of rotatable bonds is 6. The predicted octanol–water partition coefficient (Wildman–Crippen LogP) is 2.14. The number of likely N-dealkylation sites (N-methyl/N-ethyl adjacent to an activating group) is 1. The lowest BCUT2D eigenvalue weighted by atomic mass is 9.98. The molecule has 0 saturated carbocycles. The van der Waals surface area contributed by atoms with E-state index in [1.165, 1.54) is 4.90 Å². The van der Waals surface area contributed by atoms with Crippen molar-refractivity contribution in [1.29, 1.82) is 0 Å². The number of likely N-dealkylation sites (tertiary alicyclic amines) is 1. The quantitative estimate of drug-likeness (QED) is 0.405. The van der Waals surface area contributed by atoms with Gasteiger partial charge in [-0.3, -0.25) is 9.89 Å². The van der Waals surface area contributed by atoms with Gasteiger partial charge in [0.15, 0.2) is 5.76 Å². The largest absolute Gasteiger partial charge is 0.373 e. The summed E-state index contributed by atoms with van der Waals surface area (Å²) in [5.74, 6) is 0.161. The number of nitrogens with one attached hydrogen (secondary N) is 2. The normalized spacial score (nSPS) is 19.1. The van der Waals surface area contributed by atoms with Crippen LogP contribution < -0.4 is 5.32 Å². The molecule has 4 aromatic heterocycles. The highest BCUT2D eigenvalue weighted by Gasteiger charge is 2.48. The Morgan fingerprint density at radius 1 is 1.15 bits per heavy atom. The van der Waals surface area contributed by atoms with Crippen molar-refractivity contribution in [2.75, 3.05) is 18.9 Å². The number of aliphatic hydroxyl groups is 1. The second kappa shape index (κ2) is 8.10. The van der Waals surface area contributed by atoms with Crippen LogP contribution in [0.2, 0.25) is 0 Å². The predicted molar refractivity (Wildman–Crippen MR) is 118 cm³/mol. The summed E-state index contributed by atoms with van der Waals surface area (Å²) in [4.78, 5) is 27.3. The van der Waals surface area contributed by atoms with E-state index in [1.54, 1.807) is 37.6 Å². The molecular formula is C22H22N8O3. The van der Waals surface area contributed by atoms with Crippen LogP contribution in [0.1, 0.15) is 30.8 Å². The fourth-order valence-electron chi connectivity index (χ4n) is 3.74. The SMILES string of the molecule is CC(Nc1nccc(-c2cccc(-c3cc([C@]4(O)CCN(C)C4=O)on3)n2)n1)c1ccn[nH]1. The molecule has 1 saturated heterocycles. The van der Waals surface area contributed by atoms with Crippen LogP contribution in [0.15, 0.2) is 53.3 Å². The van der Waals surface area contributed by atoms with Crippen LogP contribution in [0.4, 0.5) is 5.95 Å². The lowest BCUT2D eigenvalue weighted by molar-refractivity contribution is -0.144. The number of anilines is 1. The zero-order chi connectivity index (χ0) is 23.0. The van der Waals surface area contributed by atoms with Gasteiger partial charge in [0, 0.05) is 38.5 Å². The number of hydrogen-bond acceptors (Lipinski definition) is 9. The summed E-state index contributed by atoms with van der Waals surface area (Å²) in [7, 11) is 1.64. The summed E-state index contributed by atoms with van der Waals surface area (Å²) in [5, 5.41) is 24.9. The van der Waals surface area contributed by atoms with Gasteiger partial charge in [-0.15, -0.1) is 0 Å². The minimum Gasteiger partial charge on any atom is -0.373 e. The molecule has 1 fully saturated rings. The van der Waals surface area contributed by atoms with Crippen LogP contribution in [0, 0.1) is 0 Å². The van der Waals surface area contributed by atoms with Crippen LogP contribution in [0.3, 0.4) is 0 Å². The average molecular weight is 446 g/mol. The molecule has 1 amide bonds. The van der Waals surface area contributed by atoms with E-state index in [-0.39, 0.29) is 18.2 Å². The Morgan fingerprint density at radius 3 is 2.67 bits per heavy atom. The van der Waals surface area contributed by atoms with E-state index in [9.17, 15) is 9.90 Å². The van der Waals surface area contributed by atoms with Gasteiger partial charge >= 0.3 is 0 Å². The molecule has 168 valence electrons. The maximum Gasteiger partial charge on any atom is 0.262 e. The molecule has 3 N–H and O–H groups in total. The van der Waals surface area contributed by atoms with E-state index in [1.807, 2.05) is 25.1 Å². The Balaban J connectivity index is 1.39. The van der Waals surface area contributed by atoms with Crippen LogP contribution in [-0.2, 0) is 10.4 Å². The number of amides is 1. The topological polar surface area (TPSA) is 146 Å². The van der Waals surface area contributed by atoms with Crippen molar-refractivity contribution < 1.29 is 14.4 Å². The van der Waals surface area contributed by atoms with Crippen LogP contribution in [-0.4, -0.2) is 59.8 Å². The van der Waals surface area contributed by atoms with E-state index < -0.39 is 11.5 Å². The van der Waals surface area contributed by atoms with Crippen molar-refractivity contribution >= 4 is 11.9 Å². The number of nitrogens with zero attached hydrogens (tertiary/aromatic N) is 6. The number of carbonyl (C=O) groups excluding carboxylic acids is 1. The highest BCUT2D eigenvalue weighted by atomic mass is 16.5. The second-order valence-corrected chi connectivity index (χ2v) is 7.96. The first-order chi connectivity index (χ1) is 15.9. The summed E-state index contributed by atoms with van der Waals surface area (Å²) >= 11 is 0. The highest BCUT2D eigenvalue weighted by Crippen LogP contribution is 2.34. The number of hydrogen-bond donors (Lipinski definition) is 3. The number of carbonyl (C=O) groups is 1. The van der Waals surface area contributed by atoms with E-state index in [0.29, 0.717) is 35.3 Å². The fourth-order valence-corrected chi connectivity index (χ4v) is 3.74. The smallest absolute Gasteiger partial charge is 0.262 e. The third-order valence-electron chi connectivity index (χ3n) is 5.69. The molecule has 5 rings (SSSR count). The first-order valence-electron chi connectivity index (χ1n) is 10.5. The Hall–Kier alpha value is -4.12. The molecule has 2 atom stereocenters. The molecule has 33 heavy (non-hydrogen) atoms. The Labute approximate surface area is 188 Å². The van der Waals surface area contributed by atoms with Crippen LogP contribution >= 0.6 is 0 Å². The summed E-state index contributed by atoms with van der Waals surface area (Å²) < 4.78 is 5.34. The molecule has 0 spiro atoms. The molecule has 0 bridgehead atoms. The summed E-state index contributed by atoms with van der Waals surface area (Å²) in [5.41, 5.74) is 1.41. The Morgan fingerprint density at radius 2 is 1.94 bits per heavy atom. The van der Waals surface area contributed by atoms with E-state index >= 15 is 0 Å². The van der Waals surface area contributed by atoms with Gasteiger partial charge in [-0.05, 0) is 31.2 Å². The molecule has 11 heteroatoms. The summed E-state index contributed by atoms with van der Waals surface area (Å²) in [6.45, 7) is 2.42. The molecule has 1 aliphatic heterocycles. The molecular weight excluding hydrogens is 424 g/mol. The second-order valence-electron chi connectivity index (χ2n) is 7.96. The van der Waals surface area contributed by atoms with Gasteiger partial charge in [0.25, 0.3) is 5.91 Å². The average Bonchev–Trinajstić information content (AvgIpc) is 3.59. The number of pyridine rings is 1. The molecule has 4 aromatic rings. The van der Waals surface area contributed by atoms with E-state index in [0.717, 1.165) is 5.69 Å². The van der Waals surface area contributed by atoms with Crippen molar-refractivity contribution in [3.8, 4) is 22.8 Å². The highest BCUT2D eigenvalue weighted by molar-refractivity contribution is 5.87. The van der Waals surface area contributed by atoms with Crippen molar-refractivity contribution in [3.63, 3.8) is 0 Å². The van der Waals surface area contributed by atoms with Crippen LogP contribution in [0.25, 0.3) is 22.8 Å². The Kier molecular flexibility index (Phi) is 5.09. The molecule has 1 unspecified atom stereocenters. The molecule has 0 radical (unpaired) electrons. The Bertz CT molecular complexity index is 1290. The molecule has 11 nitrogen and oxygen atoms in total. The van der Waals surface area contributed by atoms with E-state index in [2.05, 4.69) is 35.6 Å². The first-order valence-corrected chi connectivity index (χ1v) is 10.5. The van der Waals surface area contributed by atoms with Crippen LogP contribution in [0.5, 0.6) is 0 Å². The summed E-state index contributed by atoms with van der Waals surface area (Å²) in [6.07, 6.45) is 3.60. The third kappa shape index (κ3) is 3.82. The monoisotopic (exact) mass is 446 g/mol. The minimum atomic E-state index is -1.70. The van der Waals surface area contributed by atoms with Crippen molar-refractivity contribution in [2.24, 2.45) is 0 Å². The van der Waals surface area contributed by atoms with Gasteiger partial charge in [0.05, 0.1) is 28.8 Å². The third-order valence-corrected chi connectivity index (χ3v) is 5.69. The van der Waals surface area contributed by atoms with Crippen molar-refractivity contribution in [3.05, 3.63) is 60.2 Å². The van der Waals surface area contributed by atoms with E-state index in [4.69, 9.17) is 4.52 Å². The van der Waals surface area contributed by atoms with Gasteiger partial charge in [-0.25, -0.2) is 15.0 Å². The first kappa shape index (κ1) is 20.8. The standard InChI is InChI=1S/C22H22N8O3/c1-13(14-7-10-24-28-14)25-21-23-9-6-17(27-21)15-4-3-5-16(26-15)18-12-19(33-29-18)22(32)8-11-30(2)20(22)31/h3-7,9-10,12-13,32H,8,11H2,1-2H3,(H,24,28)(H,23,25,27)/t13?,22-/m1/s1. The maximum absolute atomic E-state index is 12.3. The lowest BCUT2D eigenvalue weighted by Gasteiger charge is -2.16. The molecule has 5 heterocycles.